The van der Waals surface area contributed by atoms with Crippen molar-refractivity contribution >= 4 is 23.2 Å². The third-order valence-corrected chi connectivity index (χ3v) is 3.86. The molecule has 1 aliphatic rings. The molecule has 0 radical (unpaired) electrons. The molecule has 0 saturated carbocycles. The Morgan fingerprint density at radius 2 is 2.00 bits per heavy atom. The van der Waals surface area contributed by atoms with Gasteiger partial charge in [0.25, 0.3) is 5.91 Å². The number of nitrogens with one attached hydrogen (secondary N) is 1. The molecular formula is C18H18N2O4. The van der Waals surface area contributed by atoms with Crippen molar-refractivity contribution in [2.45, 2.75) is 20.0 Å². The highest BCUT2D eigenvalue weighted by atomic mass is 16.5. The van der Waals surface area contributed by atoms with Gasteiger partial charge in [0.1, 0.15) is 11.5 Å². The minimum absolute atomic E-state index is 0.0111. The van der Waals surface area contributed by atoms with Crippen molar-refractivity contribution in [1.82, 2.24) is 0 Å². The molecule has 2 aromatic carbocycles. The van der Waals surface area contributed by atoms with Crippen LogP contribution in [0.5, 0.6) is 11.5 Å². The molecule has 0 bridgehead atoms. The summed E-state index contributed by atoms with van der Waals surface area (Å²) in [6.45, 7) is 3.41. The topological polar surface area (TPSA) is 78.9 Å². The van der Waals surface area contributed by atoms with Crippen LogP contribution in [-0.2, 0) is 9.59 Å². The lowest BCUT2D eigenvalue weighted by atomic mass is 10.1. The van der Waals surface area contributed by atoms with Gasteiger partial charge in [0.15, 0.2) is 6.10 Å². The number of fused-ring (bicyclic) bond motifs is 1. The summed E-state index contributed by atoms with van der Waals surface area (Å²) in [5.74, 6) is -0.119. The summed E-state index contributed by atoms with van der Waals surface area (Å²) in [6, 6.07) is 12.1. The summed E-state index contributed by atoms with van der Waals surface area (Å²) in [5.41, 5.74) is 1.84. The first-order chi connectivity index (χ1) is 11.5. The van der Waals surface area contributed by atoms with Gasteiger partial charge in [0.2, 0.25) is 5.91 Å². The van der Waals surface area contributed by atoms with Gasteiger partial charge in [0.05, 0.1) is 17.9 Å². The first kappa shape index (κ1) is 15.9. The van der Waals surface area contributed by atoms with Crippen LogP contribution in [0.15, 0.2) is 42.5 Å². The Morgan fingerprint density at radius 1 is 1.25 bits per heavy atom. The second-order valence-corrected chi connectivity index (χ2v) is 5.71. The molecule has 1 atom stereocenters. The van der Waals surface area contributed by atoms with Crippen molar-refractivity contribution in [2.24, 2.45) is 0 Å². The Balaban J connectivity index is 1.82. The molecule has 1 heterocycles. The third kappa shape index (κ3) is 3.03. The van der Waals surface area contributed by atoms with Gasteiger partial charge in [-0.3, -0.25) is 9.59 Å². The molecule has 24 heavy (non-hydrogen) atoms. The fourth-order valence-electron chi connectivity index (χ4n) is 2.63. The van der Waals surface area contributed by atoms with Gasteiger partial charge >= 0.3 is 0 Å². The van der Waals surface area contributed by atoms with Crippen LogP contribution in [-0.4, -0.2) is 29.6 Å². The molecule has 6 nitrogen and oxygen atoms in total. The Bertz CT molecular complexity index is 803. The first-order valence-corrected chi connectivity index (χ1v) is 7.60. The van der Waals surface area contributed by atoms with Gasteiger partial charge in [-0.05, 0) is 36.8 Å². The van der Waals surface area contributed by atoms with Crippen molar-refractivity contribution in [2.75, 3.05) is 16.8 Å². The average Bonchev–Trinajstić information content (AvgIpc) is 2.56. The number of phenols is 1. The zero-order chi connectivity index (χ0) is 17.3. The van der Waals surface area contributed by atoms with Gasteiger partial charge < -0.3 is 20.1 Å². The van der Waals surface area contributed by atoms with Gasteiger partial charge in [-0.25, -0.2) is 0 Å². The number of hydrogen-bond donors (Lipinski definition) is 2. The van der Waals surface area contributed by atoms with Crippen molar-refractivity contribution in [3.8, 4) is 11.5 Å². The van der Waals surface area contributed by atoms with E-state index in [1.165, 1.54) is 11.8 Å². The molecule has 2 amide bonds. The third-order valence-electron chi connectivity index (χ3n) is 3.86. The molecular weight excluding hydrogens is 308 g/mol. The van der Waals surface area contributed by atoms with E-state index < -0.39 is 12.0 Å². The minimum Gasteiger partial charge on any atom is -0.506 e. The lowest BCUT2D eigenvalue weighted by Crippen LogP contribution is -2.48. The number of rotatable bonds is 2. The molecule has 124 valence electrons. The summed E-state index contributed by atoms with van der Waals surface area (Å²) in [4.78, 5) is 25.9. The van der Waals surface area contributed by atoms with Crippen LogP contribution in [0.2, 0.25) is 0 Å². The van der Waals surface area contributed by atoms with Gasteiger partial charge in [-0.15, -0.1) is 0 Å². The number of aryl methyl sites for hydroxylation is 1. The van der Waals surface area contributed by atoms with Crippen LogP contribution in [0.4, 0.5) is 11.4 Å². The van der Waals surface area contributed by atoms with E-state index >= 15 is 0 Å². The van der Waals surface area contributed by atoms with Gasteiger partial charge in [-0.2, -0.15) is 0 Å². The monoisotopic (exact) mass is 326 g/mol. The SMILES string of the molecule is CC(=O)N1C[C@H](C(=O)Nc2ccc(C)cc2O)Oc2ccccc21. The van der Waals surface area contributed by atoms with E-state index in [4.69, 9.17) is 4.74 Å². The number of hydrogen-bond acceptors (Lipinski definition) is 4. The van der Waals surface area contributed by atoms with E-state index in [0.717, 1.165) is 5.56 Å². The molecule has 0 fully saturated rings. The predicted molar refractivity (Wildman–Crippen MR) is 90.4 cm³/mol. The summed E-state index contributed by atoms with van der Waals surface area (Å²) in [7, 11) is 0. The summed E-state index contributed by atoms with van der Waals surface area (Å²) < 4.78 is 5.72. The van der Waals surface area contributed by atoms with Gasteiger partial charge in [0, 0.05) is 6.92 Å². The van der Waals surface area contributed by atoms with Crippen LogP contribution < -0.4 is 15.0 Å². The predicted octanol–water partition coefficient (Wildman–Crippen LogP) is 2.45. The quantitative estimate of drug-likeness (QED) is 0.831. The molecule has 0 aromatic heterocycles. The largest absolute Gasteiger partial charge is 0.506 e. The maximum absolute atomic E-state index is 12.5. The molecule has 0 unspecified atom stereocenters. The lowest BCUT2D eigenvalue weighted by Gasteiger charge is -2.33. The lowest BCUT2D eigenvalue weighted by molar-refractivity contribution is -0.123. The number of benzene rings is 2. The zero-order valence-electron chi connectivity index (χ0n) is 13.4. The van der Waals surface area contributed by atoms with Crippen LogP contribution >= 0.6 is 0 Å². The second-order valence-electron chi connectivity index (χ2n) is 5.71. The Kier molecular flexibility index (Phi) is 4.12. The molecule has 1 aliphatic heterocycles. The standard InChI is InChI=1S/C18H18N2O4/c1-11-7-8-13(15(22)9-11)19-18(23)17-10-20(12(2)21)14-5-3-4-6-16(14)24-17/h3-9,17,22H,10H2,1-2H3,(H,19,23)/t17-/m1/s1. The molecule has 0 aliphatic carbocycles. The number of aromatic hydroxyl groups is 1. The van der Waals surface area contributed by atoms with Crippen LogP contribution in [0.1, 0.15) is 12.5 Å². The van der Waals surface area contributed by atoms with Crippen LogP contribution in [0.3, 0.4) is 0 Å². The number of carbonyl (C=O) groups is 2. The number of para-hydroxylation sites is 2. The molecule has 0 saturated heterocycles. The highest BCUT2D eigenvalue weighted by molar-refractivity contribution is 6.00. The van der Waals surface area contributed by atoms with Crippen LogP contribution in [0, 0.1) is 6.92 Å². The molecule has 6 heteroatoms. The van der Waals surface area contributed by atoms with E-state index in [0.29, 0.717) is 17.1 Å². The van der Waals surface area contributed by atoms with E-state index in [2.05, 4.69) is 5.32 Å². The number of nitrogens with zero attached hydrogens (tertiary/aromatic N) is 1. The Labute approximate surface area is 139 Å². The van der Waals surface area contributed by atoms with E-state index in [9.17, 15) is 14.7 Å². The van der Waals surface area contributed by atoms with Gasteiger partial charge in [-0.1, -0.05) is 18.2 Å². The zero-order valence-corrected chi connectivity index (χ0v) is 13.4. The van der Waals surface area contributed by atoms with Crippen molar-refractivity contribution in [1.29, 1.82) is 0 Å². The average molecular weight is 326 g/mol. The number of amides is 2. The first-order valence-electron chi connectivity index (χ1n) is 7.60. The molecule has 3 rings (SSSR count). The smallest absolute Gasteiger partial charge is 0.267 e. The summed E-state index contributed by atoms with van der Waals surface area (Å²) in [6.07, 6.45) is -0.857. The Hall–Kier alpha value is -3.02. The fraction of sp³-hybridized carbons (Fsp3) is 0.222. The number of ether oxygens (including phenoxy) is 1. The minimum atomic E-state index is -0.857. The molecule has 0 spiro atoms. The van der Waals surface area contributed by atoms with E-state index in [1.807, 2.05) is 13.0 Å². The number of carbonyl (C=O) groups excluding carboxylic acids is 2. The molecule has 2 aromatic rings. The second kappa shape index (κ2) is 6.23. The van der Waals surface area contributed by atoms with E-state index in [-0.39, 0.29) is 18.2 Å². The molecule has 2 N–H and O–H groups in total. The Morgan fingerprint density at radius 3 is 2.71 bits per heavy atom. The summed E-state index contributed by atoms with van der Waals surface area (Å²) in [5, 5.41) is 12.6. The maximum Gasteiger partial charge on any atom is 0.267 e. The highest BCUT2D eigenvalue weighted by Gasteiger charge is 2.32. The number of phenolic OH excluding ortho intramolecular Hbond substituents is 1. The van der Waals surface area contributed by atoms with E-state index in [1.54, 1.807) is 36.4 Å². The van der Waals surface area contributed by atoms with Crippen molar-refractivity contribution < 1.29 is 19.4 Å². The van der Waals surface area contributed by atoms with Crippen LogP contribution in [0.25, 0.3) is 0 Å². The van der Waals surface area contributed by atoms with Crippen molar-refractivity contribution in [3.05, 3.63) is 48.0 Å². The summed E-state index contributed by atoms with van der Waals surface area (Å²) >= 11 is 0. The van der Waals surface area contributed by atoms with Crippen molar-refractivity contribution in [3.63, 3.8) is 0 Å². The number of anilines is 2. The fourth-order valence-corrected chi connectivity index (χ4v) is 2.63. The normalized spacial score (nSPS) is 16.1. The maximum atomic E-state index is 12.5. The highest BCUT2D eigenvalue weighted by Crippen LogP contribution is 2.33.